The minimum atomic E-state index is 0.0606. The van der Waals surface area contributed by atoms with Crippen LogP contribution in [-0.2, 0) is 9.47 Å². The second-order valence-corrected chi connectivity index (χ2v) is 5.52. The summed E-state index contributed by atoms with van der Waals surface area (Å²) in [5.74, 6) is 0.0606. The van der Waals surface area contributed by atoms with E-state index in [4.69, 9.17) is 9.47 Å². The Morgan fingerprint density at radius 3 is 2.61 bits per heavy atom. The molecule has 1 N–H and O–H groups in total. The monoisotopic (exact) mass is 311 g/mol. The number of likely N-dealkylation sites (N-methyl/N-ethyl adjacent to an activating group) is 1. The molecule has 0 spiro atoms. The maximum Gasteiger partial charge on any atom is 0.192 e. The number of carbonyl (C=O) groups is 1. The van der Waals surface area contributed by atoms with Gasteiger partial charge in [0.05, 0.1) is 26.4 Å². The molecule has 23 heavy (non-hydrogen) atoms. The molecule has 1 aliphatic carbocycles. The van der Waals surface area contributed by atoms with Gasteiger partial charge in [0.2, 0.25) is 0 Å². The third-order valence-electron chi connectivity index (χ3n) is 3.93. The zero-order chi connectivity index (χ0) is 16.1. The summed E-state index contributed by atoms with van der Waals surface area (Å²) in [7, 11) is 1.89. The number of hydrogen-bond acceptors (Lipinski definition) is 4. The molecule has 0 atom stereocenters. The van der Waals surface area contributed by atoms with Gasteiger partial charge in [-0.25, -0.2) is 0 Å². The molecule has 0 saturated carbocycles. The first-order valence-electron chi connectivity index (χ1n) is 7.88. The number of ketones is 1. The molecule has 1 aliphatic rings. The Labute approximate surface area is 136 Å². The van der Waals surface area contributed by atoms with E-state index in [1.54, 1.807) is 0 Å². The summed E-state index contributed by atoms with van der Waals surface area (Å²) in [4.78, 5) is 12.6. The SMILES string of the molecule is CNCCOCCOCC1=Cc2cccc3cccc(c23)C1=O. The van der Waals surface area contributed by atoms with Crippen molar-refractivity contribution in [2.24, 2.45) is 0 Å². The number of rotatable bonds is 8. The number of ether oxygens (including phenoxy) is 2. The van der Waals surface area contributed by atoms with E-state index in [1.807, 2.05) is 49.5 Å². The first kappa shape index (κ1) is 15.9. The van der Waals surface area contributed by atoms with Crippen LogP contribution in [0.4, 0.5) is 0 Å². The van der Waals surface area contributed by atoms with Crippen LogP contribution in [0.25, 0.3) is 16.8 Å². The van der Waals surface area contributed by atoms with E-state index in [0.717, 1.165) is 28.4 Å². The van der Waals surface area contributed by atoms with E-state index in [-0.39, 0.29) is 5.78 Å². The topological polar surface area (TPSA) is 47.6 Å². The largest absolute Gasteiger partial charge is 0.378 e. The Balaban J connectivity index is 1.64. The van der Waals surface area contributed by atoms with Crippen LogP contribution in [0.5, 0.6) is 0 Å². The van der Waals surface area contributed by atoms with Crippen LogP contribution in [0.15, 0.2) is 42.0 Å². The molecular formula is C19H21NO3. The average molecular weight is 311 g/mol. The summed E-state index contributed by atoms with van der Waals surface area (Å²) in [6.45, 7) is 2.83. The lowest BCUT2D eigenvalue weighted by molar-refractivity contribution is 0.0566. The van der Waals surface area contributed by atoms with Gasteiger partial charge in [0.1, 0.15) is 0 Å². The van der Waals surface area contributed by atoms with E-state index in [0.29, 0.717) is 32.0 Å². The minimum absolute atomic E-state index is 0.0606. The van der Waals surface area contributed by atoms with Crippen molar-refractivity contribution in [1.29, 1.82) is 0 Å². The Bertz CT molecular complexity index is 731. The van der Waals surface area contributed by atoms with Crippen molar-refractivity contribution < 1.29 is 14.3 Å². The highest BCUT2D eigenvalue weighted by atomic mass is 16.5. The van der Waals surface area contributed by atoms with Gasteiger partial charge in [-0.3, -0.25) is 4.79 Å². The van der Waals surface area contributed by atoms with Crippen molar-refractivity contribution >= 4 is 22.6 Å². The maximum absolute atomic E-state index is 12.6. The van der Waals surface area contributed by atoms with Crippen molar-refractivity contribution in [2.75, 3.05) is 40.0 Å². The molecule has 120 valence electrons. The molecule has 0 saturated heterocycles. The lowest BCUT2D eigenvalue weighted by Gasteiger charge is -2.17. The van der Waals surface area contributed by atoms with Gasteiger partial charge in [-0.15, -0.1) is 0 Å². The number of hydrogen-bond donors (Lipinski definition) is 1. The minimum Gasteiger partial charge on any atom is -0.378 e. The summed E-state index contributed by atoms with van der Waals surface area (Å²) in [6.07, 6.45) is 1.94. The Morgan fingerprint density at radius 1 is 1.00 bits per heavy atom. The van der Waals surface area contributed by atoms with Gasteiger partial charge in [0, 0.05) is 23.1 Å². The predicted octanol–water partition coefficient (Wildman–Crippen LogP) is 2.67. The van der Waals surface area contributed by atoms with Crippen LogP contribution in [0.1, 0.15) is 15.9 Å². The molecule has 0 aromatic heterocycles. The molecule has 0 bridgehead atoms. The van der Waals surface area contributed by atoms with E-state index in [1.165, 1.54) is 0 Å². The van der Waals surface area contributed by atoms with Crippen molar-refractivity contribution in [3.63, 3.8) is 0 Å². The van der Waals surface area contributed by atoms with Gasteiger partial charge in [0.15, 0.2) is 5.78 Å². The second-order valence-electron chi connectivity index (χ2n) is 5.52. The number of benzene rings is 2. The Morgan fingerprint density at radius 2 is 1.78 bits per heavy atom. The normalized spacial score (nSPS) is 13.4. The first-order valence-corrected chi connectivity index (χ1v) is 7.88. The Kier molecular flexibility index (Phi) is 5.18. The third-order valence-corrected chi connectivity index (χ3v) is 3.93. The third kappa shape index (κ3) is 3.50. The molecule has 4 nitrogen and oxygen atoms in total. The second kappa shape index (κ2) is 7.51. The van der Waals surface area contributed by atoms with Crippen molar-refractivity contribution in [1.82, 2.24) is 5.32 Å². The molecule has 0 fully saturated rings. The lowest BCUT2D eigenvalue weighted by Crippen LogP contribution is -2.17. The van der Waals surface area contributed by atoms with Crippen LogP contribution >= 0.6 is 0 Å². The van der Waals surface area contributed by atoms with Crippen LogP contribution in [0.2, 0.25) is 0 Å². The van der Waals surface area contributed by atoms with Gasteiger partial charge in [-0.2, -0.15) is 0 Å². The molecule has 0 amide bonds. The quantitative estimate of drug-likeness (QED) is 0.762. The molecule has 2 aromatic rings. The van der Waals surface area contributed by atoms with Gasteiger partial charge in [-0.05, 0) is 24.1 Å². The van der Waals surface area contributed by atoms with Crippen LogP contribution in [0, 0.1) is 0 Å². The molecular weight excluding hydrogens is 290 g/mol. The smallest absolute Gasteiger partial charge is 0.192 e. The van der Waals surface area contributed by atoms with Gasteiger partial charge >= 0.3 is 0 Å². The first-order chi connectivity index (χ1) is 11.3. The van der Waals surface area contributed by atoms with E-state index < -0.39 is 0 Å². The van der Waals surface area contributed by atoms with Gasteiger partial charge < -0.3 is 14.8 Å². The fourth-order valence-corrected chi connectivity index (χ4v) is 2.79. The fraction of sp³-hybridized carbons (Fsp3) is 0.316. The van der Waals surface area contributed by atoms with Crippen LogP contribution in [0.3, 0.4) is 0 Å². The standard InChI is InChI=1S/C19H21NO3/c1-20-8-9-22-10-11-23-13-16-12-15-6-2-4-14-5-3-7-17(18(14)15)19(16)21/h2-7,12,20H,8-11,13H2,1H3. The summed E-state index contributed by atoms with van der Waals surface area (Å²) in [5, 5.41) is 5.16. The zero-order valence-corrected chi connectivity index (χ0v) is 13.3. The highest BCUT2D eigenvalue weighted by Gasteiger charge is 2.21. The molecule has 3 rings (SSSR count). The highest BCUT2D eigenvalue weighted by Crippen LogP contribution is 2.31. The average Bonchev–Trinajstić information content (AvgIpc) is 2.58. The van der Waals surface area contributed by atoms with Gasteiger partial charge in [-0.1, -0.05) is 36.4 Å². The molecule has 0 unspecified atom stereocenters. The van der Waals surface area contributed by atoms with E-state index in [2.05, 4.69) is 5.32 Å². The highest BCUT2D eigenvalue weighted by molar-refractivity contribution is 6.22. The number of Topliss-reactive ketones (excluding diaryl/α,β-unsaturated/α-hetero) is 1. The summed E-state index contributed by atoms with van der Waals surface area (Å²) in [6, 6.07) is 11.9. The Hall–Kier alpha value is -2.01. The number of nitrogens with one attached hydrogen (secondary N) is 1. The van der Waals surface area contributed by atoms with Crippen molar-refractivity contribution in [2.45, 2.75) is 0 Å². The van der Waals surface area contributed by atoms with E-state index in [9.17, 15) is 4.79 Å². The van der Waals surface area contributed by atoms with Crippen LogP contribution < -0.4 is 5.32 Å². The molecule has 0 radical (unpaired) electrons. The predicted molar refractivity (Wildman–Crippen MR) is 91.8 cm³/mol. The van der Waals surface area contributed by atoms with Crippen LogP contribution in [-0.4, -0.2) is 45.8 Å². The maximum atomic E-state index is 12.6. The van der Waals surface area contributed by atoms with Gasteiger partial charge in [0.25, 0.3) is 0 Å². The molecule has 2 aromatic carbocycles. The fourth-order valence-electron chi connectivity index (χ4n) is 2.79. The summed E-state index contributed by atoms with van der Waals surface area (Å²) >= 11 is 0. The summed E-state index contributed by atoms with van der Waals surface area (Å²) < 4.78 is 11.0. The van der Waals surface area contributed by atoms with Crippen molar-refractivity contribution in [3.05, 3.63) is 53.1 Å². The van der Waals surface area contributed by atoms with E-state index >= 15 is 0 Å². The van der Waals surface area contributed by atoms with Crippen molar-refractivity contribution in [3.8, 4) is 0 Å². The lowest BCUT2D eigenvalue weighted by atomic mass is 9.88. The zero-order valence-electron chi connectivity index (χ0n) is 13.3. The number of carbonyl (C=O) groups excluding carboxylic acids is 1. The summed E-state index contributed by atoms with van der Waals surface area (Å²) in [5.41, 5.74) is 2.55. The molecule has 4 heteroatoms. The molecule has 0 heterocycles. The molecule has 0 aliphatic heterocycles.